The number of nitrogens with zero attached hydrogens (tertiary/aromatic N) is 3. The van der Waals surface area contributed by atoms with E-state index in [0.717, 1.165) is 99.0 Å². The van der Waals surface area contributed by atoms with Gasteiger partial charge in [0.15, 0.2) is 0 Å². The maximum Gasteiger partial charge on any atom is 0.144 e. The average Bonchev–Trinajstić information content (AvgIpc) is 3.64. The minimum absolute atomic E-state index is 0.884. The molecule has 0 saturated carbocycles. The van der Waals surface area contributed by atoms with Crippen molar-refractivity contribution < 1.29 is 4.42 Å². The summed E-state index contributed by atoms with van der Waals surface area (Å²) in [6.07, 6.45) is 7.45. The summed E-state index contributed by atoms with van der Waals surface area (Å²) in [4.78, 5) is 14.4. The molecule has 4 aromatic heterocycles. The Balaban J connectivity index is 1.26. The Kier molecular flexibility index (Phi) is 6.52. The van der Waals surface area contributed by atoms with Crippen molar-refractivity contribution in [2.75, 3.05) is 0 Å². The Morgan fingerprint density at radius 3 is 1.68 bits per heavy atom. The maximum atomic E-state index is 6.99. The van der Waals surface area contributed by atoms with Gasteiger partial charge in [-0.2, -0.15) is 0 Å². The number of hydrogen-bond acceptors (Lipinski definition) is 4. The highest BCUT2D eigenvalue weighted by Gasteiger charge is 2.23. The Morgan fingerprint density at radius 2 is 0.981 bits per heavy atom. The van der Waals surface area contributed by atoms with Crippen LogP contribution in [0.3, 0.4) is 0 Å². The van der Waals surface area contributed by atoms with Crippen molar-refractivity contribution in [1.82, 2.24) is 15.0 Å². The Labute approximate surface area is 304 Å². The SMILES string of the molecule is c1ccc(-c2nc3cc(-c4cc(-c5cccnc5)cc(-c5cccnc5)c4)ccc3c3c4oc5ccc6ccccc6c5c4c4ccccc4c23)cc1. The van der Waals surface area contributed by atoms with Crippen LogP contribution in [0.15, 0.2) is 181 Å². The fourth-order valence-electron chi connectivity index (χ4n) is 8.16. The minimum Gasteiger partial charge on any atom is -0.455 e. The standard InChI is InChI=1S/C49H29N3O/c1-2-11-31(12-3-1)48-45-39-16-6-7-17-40(39)46-44-38-15-5-4-10-30(38)19-21-43(44)53-49(46)47(45)41-20-18-32(27-42(41)52-48)35-24-36(33-13-8-22-50-28-33)26-37(25-35)34-14-9-23-51-29-34/h1-29H. The number of aromatic nitrogens is 3. The second-order valence-corrected chi connectivity index (χ2v) is 13.6. The molecule has 4 heteroatoms. The first-order chi connectivity index (χ1) is 26.3. The fraction of sp³-hybridized carbons (Fsp3) is 0. The van der Waals surface area contributed by atoms with E-state index in [0.29, 0.717) is 0 Å². The number of hydrogen-bond donors (Lipinski definition) is 0. The summed E-state index contributed by atoms with van der Waals surface area (Å²) in [6, 6.07) is 53.7. The third-order valence-electron chi connectivity index (χ3n) is 10.6. The van der Waals surface area contributed by atoms with Gasteiger partial charge in [-0.15, -0.1) is 0 Å². The second kappa shape index (κ2) is 11.7. The van der Waals surface area contributed by atoms with Crippen LogP contribution in [0.5, 0.6) is 0 Å². The van der Waals surface area contributed by atoms with E-state index in [1.165, 1.54) is 10.8 Å². The molecule has 0 aliphatic rings. The van der Waals surface area contributed by atoms with Crippen molar-refractivity contribution in [2.45, 2.75) is 0 Å². The van der Waals surface area contributed by atoms with Crippen LogP contribution in [-0.2, 0) is 0 Å². The first kappa shape index (κ1) is 29.5. The highest BCUT2D eigenvalue weighted by atomic mass is 16.3. The first-order valence-electron chi connectivity index (χ1n) is 17.8. The lowest BCUT2D eigenvalue weighted by Crippen LogP contribution is -1.93. The van der Waals surface area contributed by atoms with Crippen LogP contribution in [0.25, 0.3) is 110 Å². The van der Waals surface area contributed by atoms with E-state index in [-0.39, 0.29) is 0 Å². The van der Waals surface area contributed by atoms with Crippen molar-refractivity contribution in [3.8, 4) is 44.6 Å². The quantitative estimate of drug-likeness (QED) is 0.174. The Morgan fingerprint density at radius 1 is 0.377 bits per heavy atom. The van der Waals surface area contributed by atoms with Crippen LogP contribution >= 0.6 is 0 Å². The third-order valence-corrected chi connectivity index (χ3v) is 10.6. The summed E-state index contributed by atoms with van der Waals surface area (Å²) in [5, 5.41) is 10.2. The largest absolute Gasteiger partial charge is 0.455 e. The smallest absolute Gasteiger partial charge is 0.144 e. The highest BCUT2D eigenvalue weighted by molar-refractivity contribution is 6.38. The number of furan rings is 1. The van der Waals surface area contributed by atoms with Gasteiger partial charge < -0.3 is 4.42 Å². The highest BCUT2D eigenvalue weighted by Crippen LogP contribution is 2.48. The van der Waals surface area contributed by atoms with Gasteiger partial charge in [0, 0.05) is 68.4 Å². The number of pyridine rings is 3. The lowest BCUT2D eigenvalue weighted by molar-refractivity contribution is 0.673. The van der Waals surface area contributed by atoms with Gasteiger partial charge in [-0.1, -0.05) is 109 Å². The van der Waals surface area contributed by atoms with Crippen LogP contribution in [0, 0.1) is 0 Å². The zero-order valence-corrected chi connectivity index (χ0v) is 28.5. The molecule has 246 valence electrons. The zero-order chi connectivity index (χ0) is 34.9. The third kappa shape index (κ3) is 4.66. The van der Waals surface area contributed by atoms with Crippen molar-refractivity contribution in [2.24, 2.45) is 0 Å². The maximum absolute atomic E-state index is 6.99. The molecule has 4 heterocycles. The van der Waals surface area contributed by atoms with Gasteiger partial charge in [0.2, 0.25) is 0 Å². The minimum atomic E-state index is 0.884. The summed E-state index contributed by atoms with van der Waals surface area (Å²) in [6.45, 7) is 0. The lowest BCUT2D eigenvalue weighted by Gasteiger charge is -2.15. The van der Waals surface area contributed by atoms with Gasteiger partial charge in [-0.05, 0) is 86.3 Å². The molecule has 0 aliphatic carbocycles. The Bertz CT molecular complexity index is 3150. The van der Waals surface area contributed by atoms with Crippen molar-refractivity contribution in [3.63, 3.8) is 0 Å². The normalized spacial score (nSPS) is 11.8. The van der Waals surface area contributed by atoms with Gasteiger partial charge in [0.05, 0.1) is 11.2 Å². The van der Waals surface area contributed by atoms with Crippen molar-refractivity contribution >= 4 is 65.2 Å². The van der Waals surface area contributed by atoms with Crippen LogP contribution < -0.4 is 0 Å². The molecule has 7 aromatic carbocycles. The second-order valence-electron chi connectivity index (χ2n) is 13.6. The molecule has 53 heavy (non-hydrogen) atoms. The van der Waals surface area contributed by atoms with Crippen molar-refractivity contribution in [3.05, 3.63) is 176 Å². The molecule has 0 aliphatic heterocycles. The topological polar surface area (TPSA) is 51.8 Å². The van der Waals surface area contributed by atoms with E-state index < -0.39 is 0 Å². The predicted molar refractivity (Wildman–Crippen MR) is 219 cm³/mol. The molecule has 0 unspecified atom stereocenters. The molecule has 0 radical (unpaired) electrons. The Hall–Kier alpha value is -7.17. The molecule has 0 spiro atoms. The summed E-state index contributed by atoms with van der Waals surface area (Å²) in [7, 11) is 0. The van der Waals surface area contributed by atoms with E-state index in [2.05, 4.69) is 149 Å². The molecular formula is C49H29N3O. The molecule has 11 rings (SSSR count). The van der Waals surface area contributed by atoms with Gasteiger partial charge in [0.25, 0.3) is 0 Å². The van der Waals surface area contributed by atoms with Gasteiger partial charge >= 0.3 is 0 Å². The summed E-state index contributed by atoms with van der Waals surface area (Å²) >= 11 is 0. The lowest BCUT2D eigenvalue weighted by atomic mass is 9.90. The van der Waals surface area contributed by atoms with Crippen LogP contribution in [-0.4, -0.2) is 15.0 Å². The molecule has 0 N–H and O–H groups in total. The van der Waals surface area contributed by atoms with Crippen LogP contribution in [0.1, 0.15) is 0 Å². The van der Waals surface area contributed by atoms with E-state index in [1.807, 2.05) is 36.9 Å². The van der Waals surface area contributed by atoms with E-state index in [4.69, 9.17) is 9.40 Å². The first-order valence-corrected chi connectivity index (χ1v) is 17.8. The van der Waals surface area contributed by atoms with Crippen molar-refractivity contribution in [1.29, 1.82) is 0 Å². The monoisotopic (exact) mass is 675 g/mol. The van der Waals surface area contributed by atoms with E-state index >= 15 is 0 Å². The van der Waals surface area contributed by atoms with Gasteiger partial charge in [-0.3, -0.25) is 9.97 Å². The molecule has 0 saturated heterocycles. The zero-order valence-electron chi connectivity index (χ0n) is 28.5. The molecule has 0 atom stereocenters. The molecule has 0 bridgehead atoms. The molecule has 0 fully saturated rings. The summed E-state index contributed by atoms with van der Waals surface area (Å²) < 4.78 is 6.99. The van der Waals surface area contributed by atoms with Gasteiger partial charge in [0.1, 0.15) is 11.2 Å². The van der Waals surface area contributed by atoms with Gasteiger partial charge in [-0.25, -0.2) is 4.98 Å². The molecule has 4 nitrogen and oxygen atoms in total. The number of benzene rings is 7. The summed E-state index contributed by atoms with van der Waals surface area (Å²) in [5.41, 5.74) is 11.1. The van der Waals surface area contributed by atoms with E-state index in [9.17, 15) is 0 Å². The molecule has 0 amide bonds. The molecular weight excluding hydrogens is 647 g/mol. The summed E-state index contributed by atoms with van der Waals surface area (Å²) in [5.74, 6) is 0. The number of fused-ring (bicyclic) bond motifs is 12. The number of rotatable bonds is 4. The predicted octanol–water partition coefficient (Wildman–Crippen LogP) is 13.1. The average molecular weight is 676 g/mol. The van der Waals surface area contributed by atoms with E-state index in [1.54, 1.807) is 0 Å². The fourth-order valence-corrected chi connectivity index (χ4v) is 8.16. The van der Waals surface area contributed by atoms with Crippen LogP contribution in [0.4, 0.5) is 0 Å². The van der Waals surface area contributed by atoms with Crippen LogP contribution in [0.2, 0.25) is 0 Å². The molecule has 11 aromatic rings.